The molecule has 0 spiro atoms. The number of amides is 1. The summed E-state index contributed by atoms with van der Waals surface area (Å²) in [5.74, 6) is 0.617. The highest BCUT2D eigenvalue weighted by molar-refractivity contribution is 5.99. The summed E-state index contributed by atoms with van der Waals surface area (Å²) in [6.45, 7) is 5.87. The van der Waals surface area contributed by atoms with E-state index in [2.05, 4.69) is 15.8 Å². The predicted octanol–water partition coefficient (Wildman–Crippen LogP) is 3.73. The van der Waals surface area contributed by atoms with Gasteiger partial charge in [0.15, 0.2) is 0 Å². The molecule has 2 aromatic rings. The first-order chi connectivity index (χ1) is 12.0. The Morgan fingerprint density at radius 2 is 1.76 bits per heavy atom. The van der Waals surface area contributed by atoms with Crippen LogP contribution in [0.1, 0.15) is 31.4 Å². The minimum Gasteiger partial charge on any atom is -0.497 e. The maximum absolute atomic E-state index is 12.4. The molecule has 25 heavy (non-hydrogen) atoms. The fourth-order valence-corrected chi connectivity index (χ4v) is 2.32. The molecular formula is C20H25N3O2. The number of hydrazone groups is 1. The Balaban J connectivity index is 1.98. The van der Waals surface area contributed by atoms with Crippen molar-refractivity contribution in [3.8, 4) is 5.75 Å². The Labute approximate surface area is 149 Å². The molecule has 0 saturated carbocycles. The number of hydrogen-bond acceptors (Lipinski definition) is 4. The van der Waals surface area contributed by atoms with E-state index in [1.54, 1.807) is 7.11 Å². The fraction of sp³-hybridized carbons (Fsp3) is 0.300. The molecule has 2 aromatic carbocycles. The van der Waals surface area contributed by atoms with Crippen LogP contribution in [0.5, 0.6) is 5.75 Å². The average molecular weight is 339 g/mol. The molecule has 2 rings (SSSR count). The van der Waals surface area contributed by atoms with Crippen molar-refractivity contribution in [3.05, 3.63) is 59.7 Å². The highest BCUT2D eigenvalue weighted by Crippen LogP contribution is 2.16. The lowest BCUT2D eigenvalue weighted by molar-refractivity contribution is -0.121. The van der Waals surface area contributed by atoms with Gasteiger partial charge in [0.2, 0.25) is 0 Å². The van der Waals surface area contributed by atoms with Gasteiger partial charge in [-0.15, -0.1) is 0 Å². The molecule has 2 N–H and O–H groups in total. The van der Waals surface area contributed by atoms with Gasteiger partial charge in [-0.25, -0.2) is 5.43 Å². The zero-order valence-corrected chi connectivity index (χ0v) is 15.2. The summed E-state index contributed by atoms with van der Waals surface area (Å²) in [4.78, 5) is 12.4. The third-order valence-corrected chi connectivity index (χ3v) is 3.96. The van der Waals surface area contributed by atoms with Gasteiger partial charge in [-0.05, 0) is 50.1 Å². The van der Waals surface area contributed by atoms with E-state index >= 15 is 0 Å². The molecule has 5 heteroatoms. The van der Waals surface area contributed by atoms with Crippen LogP contribution in [0.15, 0.2) is 53.6 Å². The molecule has 1 amide bonds. The van der Waals surface area contributed by atoms with Crippen molar-refractivity contribution in [2.24, 2.45) is 5.10 Å². The molecule has 0 bridgehead atoms. The normalized spacial score (nSPS) is 12.4. The number of hydrogen-bond donors (Lipinski definition) is 2. The van der Waals surface area contributed by atoms with Crippen LogP contribution in [0.4, 0.5) is 5.69 Å². The zero-order valence-electron chi connectivity index (χ0n) is 15.2. The summed E-state index contributed by atoms with van der Waals surface area (Å²) < 4.78 is 5.14. The minimum absolute atomic E-state index is 0.162. The Hall–Kier alpha value is -2.82. The topological polar surface area (TPSA) is 62.7 Å². The summed E-state index contributed by atoms with van der Waals surface area (Å²) in [6, 6.07) is 15.2. The summed E-state index contributed by atoms with van der Waals surface area (Å²) in [6.07, 6.45) is 0.650. The molecule has 0 aliphatic carbocycles. The lowest BCUT2D eigenvalue weighted by Gasteiger charge is -2.17. The van der Waals surface area contributed by atoms with Crippen molar-refractivity contribution in [3.63, 3.8) is 0 Å². The number of carbonyl (C=O) groups excluding carboxylic acids is 1. The van der Waals surface area contributed by atoms with E-state index in [1.165, 1.54) is 5.56 Å². The van der Waals surface area contributed by atoms with Crippen LogP contribution in [-0.4, -0.2) is 24.8 Å². The molecule has 0 unspecified atom stereocenters. The molecule has 132 valence electrons. The largest absolute Gasteiger partial charge is 0.497 e. The quantitative estimate of drug-likeness (QED) is 0.597. The number of nitrogens with zero attached hydrogens (tertiary/aromatic N) is 1. The van der Waals surface area contributed by atoms with E-state index in [0.29, 0.717) is 6.42 Å². The summed E-state index contributed by atoms with van der Waals surface area (Å²) >= 11 is 0. The number of aryl methyl sites for hydroxylation is 1. The predicted molar refractivity (Wildman–Crippen MR) is 102 cm³/mol. The molecule has 0 radical (unpaired) electrons. The van der Waals surface area contributed by atoms with Gasteiger partial charge in [0.25, 0.3) is 5.91 Å². The standard InChI is InChI=1S/C20H25N3O2/c1-5-19(21-17-10-12-18(25-4)13-11-17)20(24)23-22-15(3)16-8-6-14(2)7-9-16/h6-13,19,21H,5H2,1-4H3,(H,23,24)/b22-15+/t19-/m0/s1. The summed E-state index contributed by atoms with van der Waals surface area (Å²) in [5.41, 5.74) is 6.46. The monoisotopic (exact) mass is 339 g/mol. The van der Waals surface area contributed by atoms with Gasteiger partial charge in [0.1, 0.15) is 11.8 Å². The van der Waals surface area contributed by atoms with Gasteiger partial charge in [-0.3, -0.25) is 4.79 Å². The van der Waals surface area contributed by atoms with Crippen molar-refractivity contribution in [1.82, 2.24) is 5.43 Å². The van der Waals surface area contributed by atoms with E-state index in [4.69, 9.17) is 4.74 Å². The summed E-state index contributed by atoms with van der Waals surface area (Å²) in [5, 5.41) is 7.43. The second kappa shape index (κ2) is 8.87. The molecular weight excluding hydrogens is 314 g/mol. The van der Waals surface area contributed by atoms with Gasteiger partial charge in [-0.2, -0.15) is 5.10 Å². The number of ether oxygens (including phenoxy) is 1. The second-order valence-electron chi connectivity index (χ2n) is 5.87. The maximum atomic E-state index is 12.4. The van der Waals surface area contributed by atoms with Gasteiger partial charge in [-0.1, -0.05) is 36.8 Å². The average Bonchev–Trinajstić information content (AvgIpc) is 2.65. The van der Waals surface area contributed by atoms with Crippen LogP contribution in [0.3, 0.4) is 0 Å². The summed E-state index contributed by atoms with van der Waals surface area (Å²) in [7, 11) is 1.62. The van der Waals surface area contributed by atoms with E-state index < -0.39 is 0 Å². The van der Waals surface area contributed by atoms with Crippen LogP contribution in [0.25, 0.3) is 0 Å². The van der Waals surface area contributed by atoms with E-state index in [9.17, 15) is 4.79 Å². The van der Waals surface area contributed by atoms with E-state index in [0.717, 1.165) is 22.7 Å². The van der Waals surface area contributed by atoms with Gasteiger partial charge in [0, 0.05) is 5.69 Å². The Bertz CT molecular complexity index is 722. The molecule has 0 aliphatic rings. The molecule has 0 saturated heterocycles. The van der Waals surface area contributed by atoms with Crippen LogP contribution in [-0.2, 0) is 4.79 Å². The Morgan fingerprint density at radius 3 is 2.32 bits per heavy atom. The number of anilines is 1. The number of rotatable bonds is 7. The molecule has 1 atom stereocenters. The Kier molecular flexibility index (Phi) is 6.57. The zero-order chi connectivity index (χ0) is 18.2. The lowest BCUT2D eigenvalue weighted by atomic mass is 10.1. The third-order valence-electron chi connectivity index (χ3n) is 3.96. The lowest BCUT2D eigenvalue weighted by Crippen LogP contribution is -2.37. The maximum Gasteiger partial charge on any atom is 0.262 e. The SMILES string of the molecule is CC[C@H](Nc1ccc(OC)cc1)C(=O)N/N=C(\C)c1ccc(C)cc1. The van der Waals surface area contributed by atoms with Crippen LogP contribution in [0, 0.1) is 6.92 Å². The van der Waals surface area contributed by atoms with Crippen molar-refractivity contribution in [2.75, 3.05) is 12.4 Å². The Morgan fingerprint density at radius 1 is 1.12 bits per heavy atom. The minimum atomic E-state index is -0.358. The third kappa shape index (κ3) is 5.35. The highest BCUT2D eigenvalue weighted by atomic mass is 16.5. The van der Waals surface area contributed by atoms with Crippen LogP contribution < -0.4 is 15.5 Å². The van der Waals surface area contributed by atoms with Crippen molar-refractivity contribution in [1.29, 1.82) is 0 Å². The highest BCUT2D eigenvalue weighted by Gasteiger charge is 2.15. The van der Waals surface area contributed by atoms with Crippen molar-refractivity contribution < 1.29 is 9.53 Å². The number of nitrogens with one attached hydrogen (secondary N) is 2. The smallest absolute Gasteiger partial charge is 0.262 e. The molecule has 0 aliphatic heterocycles. The van der Waals surface area contributed by atoms with Gasteiger partial charge >= 0.3 is 0 Å². The molecule has 0 aromatic heterocycles. The number of carbonyl (C=O) groups is 1. The molecule has 0 fully saturated rings. The number of methoxy groups -OCH3 is 1. The fourth-order valence-electron chi connectivity index (χ4n) is 2.32. The molecule has 0 heterocycles. The van der Waals surface area contributed by atoms with Gasteiger partial charge in [0.05, 0.1) is 12.8 Å². The van der Waals surface area contributed by atoms with Crippen molar-refractivity contribution >= 4 is 17.3 Å². The van der Waals surface area contributed by atoms with Crippen LogP contribution in [0.2, 0.25) is 0 Å². The second-order valence-corrected chi connectivity index (χ2v) is 5.87. The van der Waals surface area contributed by atoms with Crippen molar-refractivity contribution in [2.45, 2.75) is 33.2 Å². The first kappa shape index (κ1) is 18.5. The first-order valence-corrected chi connectivity index (χ1v) is 8.35. The number of benzene rings is 2. The van der Waals surface area contributed by atoms with E-state index in [-0.39, 0.29) is 11.9 Å². The van der Waals surface area contributed by atoms with Gasteiger partial charge < -0.3 is 10.1 Å². The van der Waals surface area contributed by atoms with Crippen LogP contribution >= 0.6 is 0 Å². The molecule has 5 nitrogen and oxygen atoms in total. The first-order valence-electron chi connectivity index (χ1n) is 8.35. The van der Waals surface area contributed by atoms with E-state index in [1.807, 2.05) is 69.3 Å².